The van der Waals surface area contributed by atoms with Crippen LogP contribution in [0.1, 0.15) is 26.3 Å². The second-order valence-electron chi connectivity index (χ2n) is 2.66. The molecule has 0 aromatic heterocycles. The molecule has 0 saturated carbocycles. The molecule has 1 aliphatic rings. The number of amides is 2. The predicted molar refractivity (Wildman–Crippen MR) is 46.2 cm³/mol. The molecule has 3 nitrogen and oxygen atoms in total. The van der Waals surface area contributed by atoms with E-state index in [0.717, 1.165) is 0 Å². The first kappa shape index (κ1) is 7.56. The maximum atomic E-state index is 11.2. The average Bonchev–Trinajstić information content (AvgIpc) is 2.43. The third-order valence-electron chi connectivity index (χ3n) is 1.92. The largest absolute Gasteiger partial charge is 0.288 e. The Labute approximate surface area is 74.8 Å². The molecule has 1 aromatic rings. The lowest BCUT2D eigenvalue weighted by atomic mass is 10.0. The smallest absolute Gasteiger partial charge is 0.260 e. The van der Waals surface area contributed by atoms with E-state index in [2.05, 4.69) is 11.2 Å². The number of carbonyl (C=O) groups is 2. The Bertz CT molecular complexity index is 454. The van der Waals surface area contributed by atoms with Gasteiger partial charge in [0.2, 0.25) is 0 Å². The number of hydrogen-bond acceptors (Lipinski definition) is 2. The SMILES string of the molecule is C#Cc1cccc2c1C(=O)NC2=O. The molecule has 1 aliphatic heterocycles. The van der Waals surface area contributed by atoms with Crippen molar-refractivity contribution in [3.05, 3.63) is 34.9 Å². The van der Waals surface area contributed by atoms with Crippen LogP contribution in [0.5, 0.6) is 0 Å². The van der Waals surface area contributed by atoms with E-state index in [-0.39, 0.29) is 5.91 Å². The summed E-state index contributed by atoms with van der Waals surface area (Å²) in [5, 5.41) is 2.18. The quantitative estimate of drug-likeness (QED) is 0.457. The fourth-order valence-electron chi connectivity index (χ4n) is 1.34. The molecule has 13 heavy (non-hydrogen) atoms. The van der Waals surface area contributed by atoms with Crippen LogP contribution in [0.2, 0.25) is 0 Å². The molecule has 1 heterocycles. The highest BCUT2D eigenvalue weighted by Gasteiger charge is 2.28. The van der Waals surface area contributed by atoms with Crippen molar-refractivity contribution < 1.29 is 9.59 Å². The normalized spacial score (nSPS) is 13.5. The first-order valence-electron chi connectivity index (χ1n) is 3.69. The molecule has 0 fully saturated rings. The zero-order valence-corrected chi connectivity index (χ0v) is 6.63. The van der Waals surface area contributed by atoms with E-state index < -0.39 is 5.91 Å². The minimum Gasteiger partial charge on any atom is -0.288 e. The molecule has 1 N–H and O–H groups in total. The highest BCUT2D eigenvalue weighted by molar-refractivity contribution is 6.22. The van der Waals surface area contributed by atoms with Crippen LogP contribution in [0.4, 0.5) is 0 Å². The Kier molecular flexibility index (Phi) is 1.43. The minimum atomic E-state index is -0.409. The van der Waals surface area contributed by atoms with Gasteiger partial charge in [-0.1, -0.05) is 12.0 Å². The third-order valence-corrected chi connectivity index (χ3v) is 1.92. The van der Waals surface area contributed by atoms with E-state index in [1.807, 2.05) is 0 Å². The van der Waals surface area contributed by atoms with Crippen molar-refractivity contribution in [2.45, 2.75) is 0 Å². The molecule has 0 aliphatic carbocycles. The van der Waals surface area contributed by atoms with Gasteiger partial charge in [-0.3, -0.25) is 14.9 Å². The number of benzene rings is 1. The third kappa shape index (κ3) is 0.926. The Hall–Kier alpha value is -2.08. The Balaban J connectivity index is 2.78. The minimum absolute atomic E-state index is 0.315. The van der Waals surface area contributed by atoms with Gasteiger partial charge >= 0.3 is 0 Å². The Morgan fingerprint density at radius 2 is 2.00 bits per heavy atom. The number of rotatable bonds is 0. The molecule has 0 saturated heterocycles. The Morgan fingerprint density at radius 1 is 1.23 bits per heavy atom. The van der Waals surface area contributed by atoms with Gasteiger partial charge in [-0.25, -0.2) is 0 Å². The molecule has 0 bridgehead atoms. The lowest BCUT2D eigenvalue weighted by Gasteiger charge is -1.95. The van der Waals surface area contributed by atoms with Gasteiger partial charge in [-0.15, -0.1) is 6.42 Å². The number of nitrogens with one attached hydrogen (secondary N) is 1. The average molecular weight is 171 g/mol. The molecule has 2 amide bonds. The van der Waals surface area contributed by atoms with E-state index in [4.69, 9.17) is 6.42 Å². The van der Waals surface area contributed by atoms with Crippen molar-refractivity contribution in [3.8, 4) is 12.3 Å². The van der Waals surface area contributed by atoms with Gasteiger partial charge in [-0.2, -0.15) is 0 Å². The lowest BCUT2D eigenvalue weighted by molar-refractivity contribution is 0.0879. The van der Waals surface area contributed by atoms with Crippen LogP contribution < -0.4 is 5.32 Å². The number of fused-ring (bicyclic) bond motifs is 1. The molecular formula is C10H5NO2. The van der Waals surface area contributed by atoms with Gasteiger partial charge in [-0.05, 0) is 12.1 Å². The topological polar surface area (TPSA) is 46.2 Å². The van der Waals surface area contributed by atoms with Gasteiger partial charge in [0.1, 0.15) is 0 Å². The summed E-state index contributed by atoms with van der Waals surface area (Å²) in [6.07, 6.45) is 5.19. The van der Waals surface area contributed by atoms with Crippen LogP contribution in [0, 0.1) is 12.3 Å². The molecule has 0 spiro atoms. The molecule has 0 unspecified atom stereocenters. The summed E-state index contributed by atoms with van der Waals surface area (Å²) in [5.41, 5.74) is 1.14. The molecule has 3 heteroatoms. The Morgan fingerprint density at radius 3 is 2.69 bits per heavy atom. The molecule has 0 atom stereocenters. The molecule has 0 radical (unpaired) electrons. The second kappa shape index (κ2) is 2.46. The lowest BCUT2D eigenvalue weighted by Crippen LogP contribution is -2.20. The van der Waals surface area contributed by atoms with Crippen LogP contribution >= 0.6 is 0 Å². The summed E-state index contributed by atoms with van der Waals surface area (Å²) in [7, 11) is 0. The molecule has 1 aromatic carbocycles. The van der Waals surface area contributed by atoms with E-state index in [0.29, 0.717) is 16.7 Å². The van der Waals surface area contributed by atoms with E-state index in [1.165, 1.54) is 0 Å². The van der Waals surface area contributed by atoms with Crippen molar-refractivity contribution in [2.75, 3.05) is 0 Å². The summed E-state index contributed by atoms with van der Waals surface area (Å²) in [5.74, 6) is 1.58. The highest BCUT2D eigenvalue weighted by Crippen LogP contribution is 2.18. The summed E-state index contributed by atoms with van der Waals surface area (Å²) < 4.78 is 0. The van der Waals surface area contributed by atoms with Gasteiger partial charge in [0.15, 0.2) is 0 Å². The van der Waals surface area contributed by atoms with Crippen molar-refractivity contribution in [3.63, 3.8) is 0 Å². The van der Waals surface area contributed by atoms with E-state index >= 15 is 0 Å². The number of terminal acetylenes is 1. The first-order valence-corrected chi connectivity index (χ1v) is 3.69. The van der Waals surface area contributed by atoms with E-state index in [1.54, 1.807) is 18.2 Å². The van der Waals surface area contributed by atoms with Gasteiger partial charge in [0, 0.05) is 5.56 Å². The van der Waals surface area contributed by atoms with Gasteiger partial charge in [0.25, 0.3) is 11.8 Å². The van der Waals surface area contributed by atoms with Crippen LogP contribution in [-0.4, -0.2) is 11.8 Å². The van der Waals surface area contributed by atoms with Crippen molar-refractivity contribution in [1.82, 2.24) is 5.32 Å². The fourth-order valence-corrected chi connectivity index (χ4v) is 1.34. The zero-order valence-electron chi connectivity index (χ0n) is 6.63. The maximum absolute atomic E-state index is 11.2. The number of imide groups is 1. The summed E-state index contributed by atoms with van der Waals surface area (Å²) in [4.78, 5) is 22.4. The van der Waals surface area contributed by atoms with Crippen LogP contribution in [0.25, 0.3) is 0 Å². The van der Waals surface area contributed by atoms with Crippen LogP contribution in [0.15, 0.2) is 18.2 Å². The van der Waals surface area contributed by atoms with Crippen molar-refractivity contribution in [2.24, 2.45) is 0 Å². The molecule has 2 rings (SSSR count). The standard InChI is InChI=1S/C10H5NO2/c1-2-6-4-3-5-7-8(6)10(13)11-9(7)12/h1,3-5H,(H,11,12,13). The van der Waals surface area contributed by atoms with Gasteiger partial charge < -0.3 is 0 Å². The van der Waals surface area contributed by atoms with E-state index in [9.17, 15) is 9.59 Å². The van der Waals surface area contributed by atoms with Crippen LogP contribution in [0.3, 0.4) is 0 Å². The van der Waals surface area contributed by atoms with Crippen molar-refractivity contribution >= 4 is 11.8 Å². The summed E-state index contributed by atoms with van der Waals surface area (Å²) in [6.45, 7) is 0. The summed E-state index contributed by atoms with van der Waals surface area (Å²) in [6, 6.07) is 4.87. The number of hydrogen-bond donors (Lipinski definition) is 1. The molecule has 62 valence electrons. The predicted octanol–water partition coefficient (Wildman–Crippen LogP) is 0.552. The first-order chi connectivity index (χ1) is 6.24. The monoisotopic (exact) mass is 171 g/mol. The molecular weight excluding hydrogens is 166 g/mol. The van der Waals surface area contributed by atoms with Crippen LogP contribution in [-0.2, 0) is 0 Å². The van der Waals surface area contributed by atoms with Gasteiger partial charge in [0.05, 0.1) is 11.1 Å². The second-order valence-corrected chi connectivity index (χ2v) is 2.66. The fraction of sp³-hybridized carbons (Fsp3) is 0. The number of carbonyl (C=O) groups excluding carboxylic acids is 2. The highest BCUT2D eigenvalue weighted by atomic mass is 16.2. The van der Waals surface area contributed by atoms with Crippen molar-refractivity contribution in [1.29, 1.82) is 0 Å². The zero-order chi connectivity index (χ0) is 9.42. The summed E-state index contributed by atoms with van der Waals surface area (Å²) >= 11 is 0. The maximum Gasteiger partial charge on any atom is 0.260 e.